The van der Waals surface area contributed by atoms with E-state index in [1.54, 1.807) is 13.0 Å². The Labute approximate surface area is 158 Å². The monoisotopic (exact) mass is 390 g/mol. The molecule has 0 aliphatic rings. The maximum Gasteiger partial charge on any atom is 0.315 e. The van der Waals surface area contributed by atoms with Gasteiger partial charge in [0.2, 0.25) is 15.9 Å². The van der Waals surface area contributed by atoms with Crippen molar-refractivity contribution in [3.05, 3.63) is 59.2 Å². The van der Waals surface area contributed by atoms with Crippen molar-refractivity contribution in [2.75, 3.05) is 11.9 Å². The number of benzene rings is 2. The highest BCUT2D eigenvalue weighted by Gasteiger charge is 2.13. The molecule has 3 amide bonds. The first-order valence-corrected chi connectivity index (χ1v) is 9.70. The van der Waals surface area contributed by atoms with Crippen molar-refractivity contribution in [1.82, 2.24) is 10.6 Å². The van der Waals surface area contributed by atoms with Crippen LogP contribution in [0, 0.1) is 13.8 Å². The first-order chi connectivity index (χ1) is 12.6. The van der Waals surface area contributed by atoms with Crippen LogP contribution in [0.4, 0.5) is 10.5 Å². The maximum atomic E-state index is 11.9. The van der Waals surface area contributed by atoms with Gasteiger partial charge in [-0.1, -0.05) is 35.9 Å². The highest BCUT2D eigenvalue weighted by atomic mass is 32.2. The number of hydrogen-bond donors (Lipinski definition) is 4. The van der Waals surface area contributed by atoms with Crippen LogP contribution in [0.1, 0.15) is 16.7 Å². The summed E-state index contributed by atoms with van der Waals surface area (Å²) in [5.74, 6) is -0.496. The van der Waals surface area contributed by atoms with Crippen molar-refractivity contribution >= 4 is 27.6 Å². The molecular weight excluding hydrogens is 368 g/mol. The average Bonchev–Trinajstić information content (AvgIpc) is 2.60. The zero-order valence-corrected chi connectivity index (χ0v) is 15.9. The number of rotatable bonds is 6. The molecular formula is C18H22N4O4S. The second kappa shape index (κ2) is 8.65. The number of sulfonamides is 1. The van der Waals surface area contributed by atoms with Gasteiger partial charge in [0.05, 0.1) is 11.4 Å². The molecule has 0 radical (unpaired) electrons. The van der Waals surface area contributed by atoms with E-state index in [2.05, 4.69) is 16.0 Å². The summed E-state index contributed by atoms with van der Waals surface area (Å²) in [6, 6.07) is 11.6. The fourth-order valence-corrected chi connectivity index (χ4v) is 3.11. The van der Waals surface area contributed by atoms with Crippen molar-refractivity contribution in [3.8, 4) is 0 Å². The fourth-order valence-electron chi connectivity index (χ4n) is 2.30. The first kappa shape index (κ1) is 20.4. The van der Waals surface area contributed by atoms with E-state index in [0.717, 1.165) is 11.1 Å². The molecule has 0 unspecified atom stereocenters. The molecule has 0 saturated heterocycles. The molecule has 5 N–H and O–H groups in total. The SMILES string of the molecule is Cc1ccc(CNC(=O)NCC(=O)Nc2ccc(C)c(S(N)(=O)=O)c2)cc1. The molecule has 0 aromatic heterocycles. The number of carbonyl (C=O) groups is 2. The Balaban J connectivity index is 1.83. The normalized spacial score (nSPS) is 10.9. The molecule has 8 nitrogen and oxygen atoms in total. The summed E-state index contributed by atoms with van der Waals surface area (Å²) in [5, 5.41) is 12.7. The zero-order valence-electron chi connectivity index (χ0n) is 15.1. The Hall–Kier alpha value is -2.91. The lowest BCUT2D eigenvalue weighted by atomic mass is 10.1. The van der Waals surface area contributed by atoms with Crippen LogP contribution in [-0.2, 0) is 21.4 Å². The smallest absolute Gasteiger partial charge is 0.315 e. The Morgan fingerprint density at radius 3 is 2.30 bits per heavy atom. The molecule has 0 saturated carbocycles. The second-order valence-electron chi connectivity index (χ2n) is 6.10. The molecule has 2 aromatic carbocycles. The van der Waals surface area contributed by atoms with Crippen LogP contribution < -0.4 is 21.1 Å². The van der Waals surface area contributed by atoms with Crippen molar-refractivity contribution < 1.29 is 18.0 Å². The molecule has 9 heteroatoms. The summed E-state index contributed by atoms with van der Waals surface area (Å²) >= 11 is 0. The lowest BCUT2D eigenvalue weighted by Crippen LogP contribution is -2.39. The number of amides is 3. The summed E-state index contributed by atoms with van der Waals surface area (Å²) in [4.78, 5) is 23.6. The predicted molar refractivity (Wildman–Crippen MR) is 103 cm³/mol. The van der Waals surface area contributed by atoms with E-state index < -0.39 is 22.0 Å². The molecule has 144 valence electrons. The third kappa shape index (κ3) is 6.39. The fraction of sp³-hybridized carbons (Fsp3) is 0.222. The topological polar surface area (TPSA) is 130 Å². The van der Waals surface area contributed by atoms with E-state index in [-0.39, 0.29) is 17.1 Å². The van der Waals surface area contributed by atoms with Crippen LogP contribution in [-0.4, -0.2) is 26.9 Å². The average molecular weight is 390 g/mol. The summed E-state index contributed by atoms with van der Waals surface area (Å²) in [7, 11) is -3.89. The molecule has 0 aliphatic carbocycles. The van der Waals surface area contributed by atoms with E-state index in [9.17, 15) is 18.0 Å². The van der Waals surface area contributed by atoms with Gasteiger partial charge in [-0.05, 0) is 37.1 Å². The Bertz CT molecular complexity index is 940. The van der Waals surface area contributed by atoms with Crippen LogP contribution in [0.15, 0.2) is 47.4 Å². The van der Waals surface area contributed by atoms with Crippen molar-refractivity contribution in [1.29, 1.82) is 0 Å². The number of nitrogens with one attached hydrogen (secondary N) is 3. The molecule has 27 heavy (non-hydrogen) atoms. The molecule has 0 atom stereocenters. The van der Waals surface area contributed by atoms with Gasteiger partial charge in [0, 0.05) is 12.2 Å². The van der Waals surface area contributed by atoms with Gasteiger partial charge >= 0.3 is 6.03 Å². The van der Waals surface area contributed by atoms with Gasteiger partial charge in [-0.2, -0.15) is 0 Å². The summed E-state index contributed by atoms with van der Waals surface area (Å²) < 4.78 is 23.0. The number of anilines is 1. The highest BCUT2D eigenvalue weighted by molar-refractivity contribution is 7.89. The number of primary sulfonamides is 1. The number of hydrogen-bond acceptors (Lipinski definition) is 4. The minimum atomic E-state index is -3.89. The van der Waals surface area contributed by atoms with Crippen molar-refractivity contribution in [3.63, 3.8) is 0 Å². The lowest BCUT2D eigenvalue weighted by molar-refractivity contribution is -0.115. The Morgan fingerprint density at radius 2 is 1.67 bits per heavy atom. The number of urea groups is 1. The van der Waals surface area contributed by atoms with Crippen LogP contribution in [0.25, 0.3) is 0 Å². The number of carbonyl (C=O) groups excluding carboxylic acids is 2. The van der Waals surface area contributed by atoms with Crippen molar-refractivity contribution in [2.45, 2.75) is 25.3 Å². The van der Waals surface area contributed by atoms with Crippen molar-refractivity contribution in [2.24, 2.45) is 5.14 Å². The molecule has 0 fully saturated rings. The minimum absolute atomic E-state index is 0.0656. The van der Waals surface area contributed by atoms with E-state index in [1.165, 1.54) is 12.1 Å². The van der Waals surface area contributed by atoms with E-state index >= 15 is 0 Å². The largest absolute Gasteiger partial charge is 0.334 e. The lowest BCUT2D eigenvalue weighted by Gasteiger charge is -2.10. The van der Waals surface area contributed by atoms with Gasteiger partial charge < -0.3 is 16.0 Å². The van der Waals surface area contributed by atoms with E-state index in [4.69, 9.17) is 5.14 Å². The molecule has 2 rings (SSSR count). The van der Waals surface area contributed by atoms with Gasteiger partial charge in [-0.15, -0.1) is 0 Å². The predicted octanol–water partition coefficient (Wildman–Crippen LogP) is 1.39. The van der Waals surface area contributed by atoms with E-state index in [1.807, 2.05) is 31.2 Å². The standard InChI is InChI=1S/C18H22N4O4S/c1-12-3-6-14(7-4-12)10-20-18(24)21-11-17(23)22-15-8-5-13(2)16(9-15)27(19,25)26/h3-9H,10-11H2,1-2H3,(H,22,23)(H2,19,25,26)(H2,20,21,24). The van der Waals surface area contributed by atoms with Gasteiger partial charge in [0.1, 0.15) is 0 Å². The third-order valence-corrected chi connectivity index (χ3v) is 4.81. The third-order valence-electron chi connectivity index (χ3n) is 3.76. The second-order valence-corrected chi connectivity index (χ2v) is 7.63. The van der Waals surface area contributed by atoms with Gasteiger partial charge in [-0.25, -0.2) is 18.4 Å². The van der Waals surface area contributed by atoms with E-state index in [0.29, 0.717) is 12.1 Å². The Kier molecular flexibility index (Phi) is 6.54. The van der Waals surface area contributed by atoms with Crippen LogP contribution in [0.2, 0.25) is 0 Å². The first-order valence-electron chi connectivity index (χ1n) is 8.16. The molecule has 0 heterocycles. The van der Waals surface area contributed by atoms with Crippen LogP contribution >= 0.6 is 0 Å². The maximum absolute atomic E-state index is 11.9. The number of aryl methyl sites for hydroxylation is 2. The molecule has 0 bridgehead atoms. The number of nitrogens with two attached hydrogens (primary N) is 1. The van der Waals surface area contributed by atoms with Gasteiger partial charge in [0.15, 0.2) is 0 Å². The van der Waals surface area contributed by atoms with Gasteiger partial charge in [-0.3, -0.25) is 4.79 Å². The van der Waals surface area contributed by atoms with Crippen LogP contribution in [0.3, 0.4) is 0 Å². The highest BCUT2D eigenvalue weighted by Crippen LogP contribution is 2.18. The van der Waals surface area contributed by atoms with Crippen LogP contribution in [0.5, 0.6) is 0 Å². The van der Waals surface area contributed by atoms with Gasteiger partial charge in [0.25, 0.3) is 0 Å². The minimum Gasteiger partial charge on any atom is -0.334 e. The summed E-state index contributed by atoms with van der Waals surface area (Å²) in [6.45, 7) is 3.65. The zero-order chi connectivity index (χ0) is 20.0. The molecule has 2 aromatic rings. The summed E-state index contributed by atoms with van der Waals surface area (Å²) in [6.07, 6.45) is 0. The Morgan fingerprint density at radius 1 is 1.00 bits per heavy atom. The summed E-state index contributed by atoms with van der Waals surface area (Å²) in [5.41, 5.74) is 2.82. The quantitative estimate of drug-likeness (QED) is 0.594. The molecule has 0 spiro atoms. The molecule has 0 aliphatic heterocycles.